The number of benzene rings is 2. The molecule has 0 aliphatic heterocycles. The predicted molar refractivity (Wildman–Crippen MR) is 102 cm³/mol. The third kappa shape index (κ3) is 5.66. The SMILES string of the molecule is CC(C)Oc1ccc(C=NNC(=O)Cc2ccccc2[N+](=O)[O-])cc1Br. The number of nitro benzene ring substituents is 1. The van der Waals surface area contributed by atoms with Crippen LogP contribution in [0.2, 0.25) is 0 Å². The lowest BCUT2D eigenvalue weighted by Crippen LogP contribution is -2.20. The van der Waals surface area contributed by atoms with E-state index in [1.807, 2.05) is 19.9 Å². The molecule has 1 N–H and O–H groups in total. The van der Waals surface area contributed by atoms with Crippen LogP contribution in [0.4, 0.5) is 5.69 Å². The van der Waals surface area contributed by atoms with Crippen LogP contribution in [0.1, 0.15) is 25.0 Å². The number of hydrogen-bond donors (Lipinski definition) is 1. The number of ether oxygens (including phenoxy) is 1. The van der Waals surface area contributed by atoms with Gasteiger partial charge in [-0.2, -0.15) is 5.10 Å². The van der Waals surface area contributed by atoms with Crippen molar-refractivity contribution in [3.8, 4) is 5.75 Å². The molecule has 0 fully saturated rings. The molecule has 7 nitrogen and oxygen atoms in total. The van der Waals surface area contributed by atoms with E-state index in [-0.39, 0.29) is 18.2 Å². The summed E-state index contributed by atoms with van der Waals surface area (Å²) in [6.45, 7) is 3.88. The molecule has 0 aliphatic carbocycles. The summed E-state index contributed by atoms with van der Waals surface area (Å²) >= 11 is 3.42. The highest BCUT2D eigenvalue weighted by atomic mass is 79.9. The molecule has 0 aliphatic rings. The minimum atomic E-state index is -0.510. The Bertz CT molecular complexity index is 837. The lowest BCUT2D eigenvalue weighted by Gasteiger charge is -2.11. The van der Waals surface area contributed by atoms with Gasteiger partial charge in [0, 0.05) is 11.6 Å². The fourth-order valence-electron chi connectivity index (χ4n) is 2.18. The molecule has 0 saturated carbocycles. The Labute approximate surface area is 159 Å². The van der Waals surface area contributed by atoms with Gasteiger partial charge in [0.25, 0.3) is 5.69 Å². The van der Waals surface area contributed by atoms with E-state index in [1.54, 1.807) is 30.3 Å². The highest BCUT2D eigenvalue weighted by molar-refractivity contribution is 9.10. The third-order valence-electron chi connectivity index (χ3n) is 3.26. The number of amides is 1. The number of nitrogens with zero attached hydrogens (tertiary/aromatic N) is 2. The van der Waals surface area contributed by atoms with Crippen molar-refractivity contribution in [2.75, 3.05) is 0 Å². The first-order valence-corrected chi connectivity index (χ1v) is 8.66. The molecule has 2 rings (SSSR count). The zero-order valence-electron chi connectivity index (χ0n) is 14.3. The maximum Gasteiger partial charge on any atom is 0.273 e. The van der Waals surface area contributed by atoms with Gasteiger partial charge in [-0.05, 0) is 53.5 Å². The molecule has 0 aromatic heterocycles. The minimum absolute atomic E-state index is 0.0622. The molecule has 2 aromatic rings. The molecule has 1 amide bonds. The van der Waals surface area contributed by atoms with Crippen molar-refractivity contribution >= 4 is 33.7 Å². The van der Waals surface area contributed by atoms with E-state index in [9.17, 15) is 14.9 Å². The van der Waals surface area contributed by atoms with Crippen LogP contribution in [0.15, 0.2) is 52.0 Å². The summed E-state index contributed by atoms with van der Waals surface area (Å²) in [7, 11) is 0. The molecule has 0 atom stereocenters. The molecular formula is C18H18BrN3O4. The number of carbonyl (C=O) groups is 1. The second-order valence-corrected chi connectivity index (χ2v) is 6.57. The summed E-state index contributed by atoms with van der Waals surface area (Å²) in [6.07, 6.45) is 1.42. The quantitative estimate of drug-likeness (QED) is 0.419. The Morgan fingerprint density at radius 2 is 2.08 bits per heavy atom. The number of nitrogens with one attached hydrogen (secondary N) is 1. The molecule has 0 unspecified atom stereocenters. The van der Waals surface area contributed by atoms with E-state index < -0.39 is 10.8 Å². The highest BCUT2D eigenvalue weighted by Crippen LogP contribution is 2.26. The number of hydrogen-bond acceptors (Lipinski definition) is 5. The Morgan fingerprint density at radius 3 is 2.73 bits per heavy atom. The van der Waals surface area contributed by atoms with E-state index in [1.165, 1.54) is 12.3 Å². The van der Waals surface area contributed by atoms with Gasteiger partial charge in [-0.1, -0.05) is 18.2 Å². The monoisotopic (exact) mass is 419 g/mol. The summed E-state index contributed by atoms with van der Waals surface area (Å²) in [5.41, 5.74) is 3.39. The van der Waals surface area contributed by atoms with Crippen molar-refractivity contribution in [1.82, 2.24) is 5.43 Å². The summed E-state index contributed by atoms with van der Waals surface area (Å²) in [6, 6.07) is 11.5. The van der Waals surface area contributed by atoms with Crippen LogP contribution in [0.25, 0.3) is 0 Å². The fraction of sp³-hybridized carbons (Fsp3) is 0.222. The number of carbonyl (C=O) groups excluding carboxylic acids is 1. The van der Waals surface area contributed by atoms with Crippen LogP contribution in [0.5, 0.6) is 5.75 Å². The van der Waals surface area contributed by atoms with Gasteiger partial charge >= 0.3 is 0 Å². The molecular weight excluding hydrogens is 402 g/mol. The zero-order valence-corrected chi connectivity index (χ0v) is 15.9. The molecule has 0 heterocycles. The number of nitro groups is 1. The molecule has 2 aromatic carbocycles. The second kappa shape index (κ2) is 9.10. The average Bonchev–Trinajstić information content (AvgIpc) is 2.57. The van der Waals surface area contributed by atoms with Gasteiger partial charge in [-0.25, -0.2) is 5.43 Å². The summed E-state index contributed by atoms with van der Waals surface area (Å²) in [4.78, 5) is 22.4. The average molecular weight is 420 g/mol. The van der Waals surface area contributed by atoms with Crippen LogP contribution in [-0.2, 0) is 11.2 Å². The number of rotatable bonds is 7. The van der Waals surface area contributed by atoms with E-state index in [4.69, 9.17) is 4.74 Å². The summed E-state index contributed by atoms with van der Waals surface area (Å²) in [5, 5.41) is 14.8. The van der Waals surface area contributed by atoms with Crippen LogP contribution in [0.3, 0.4) is 0 Å². The molecule has 0 spiro atoms. The van der Waals surface area contributed by atoms with Crippen molar-refractivity contribution in [3.05, 3.63) is 68.2 Å². The summed E-state index contributed by atoms with van der Waals surface area (Å²) in [5.74, 6) is 0.284. The van der Waals surface area contributed by atoms with Crippen molar-refractivity contribution in [2.45, 2.75) is 26.4 Å². The second-order valence-electron chi connectivity index (χ2n) is 5.71. The number of halogens is 1. The zero-order chi connectivity index (χ0) is 19.1. The smallest absolute Gasteiger partial charge is 0.273 e. The lowest BCUT2D eigenvalue weighted by atomic mass is 10.1. The normalized spacial score (nSPS) is 10.9. The van der Waals surface area contributed by atoms with Gasteiger partial charge in [0.1, 0.15) is 5.75 Å². The first-order chi connectivity index (χ1) is 12.4. The Balaban J connectivity index is 1.97. The van der Waals surface area contributed by atoms with Gasteiger partial charge in [-0.3, -0.25) is 14.9 Å². The molecule has 8 heteroatoms. The maximum absolute atomic E-state index is 11.9. The van der Waals surface area contributed by atoms with Crippen LogP contribution < -0.4 is 10.2 Å². The van der Waals surface area contributed by atoms with Crippen molar-refractivity contribution in [1.29, 1.82) is 0 Å². The third-order valence-corrected chi connectivity index (χ3v) is 3.88. The number of hydrazone groups is 1. The summed E-state index contributed by atoms with van der Waals surface area (Å²) < 4.78 is 6.40. The topological polar surface area (TPSA) is 93.8 Å². The van der Waals surface area contributed by atoms with Gasteiger partial charge in [-0.15, -0.1) is 0 Å². The molecule has 0 radical (unpaired) electrons. The lowest BCUT2D eigenvalue weighted by molar-refractivity contribution is -0.385. The van der Waals surface area contributed by atoms with Crippen molar-refractivity contribution in [2.24, 2.45) is 5.10 Å². The molecule has 26 heavy (non-hydrogen) atoms. The van der Waals surface area contributed by atoms with E-state index >= 15 is 0 Å². The Kier molecular flexibility index (Phi) is 6.85. The van der Waals surface area contributed by atoms with E-state index in [0.29, 0.717) is 5.56 Å². The predicted octanol–water partition coefficient (Wildman–Crippen LogP) is 3.84. The standard InChI is InChI=1S/C18H18BrN3O4/c1-12(2)26-17-8-7-13(9-15(17)19)11-20-21-18(23)10-14-5-3-4-6-16(14)22(24)25/h3-9,11-12H,10H2,1-2H3,(H,21,23). The molecule has 0 saturated heterocycles. The largest absolute Gasteiger partial charge is 0.490 e. The Hall–Kier alpha value is -2.74. The first kappa shape index (κ1) is 19.6. The minimum Gasteiger partial charge on any atom is -0.490 e. The van der Waals surface area contributed by atoms with Gasteiger partial charge < -0.3 is 4.74 Å². The van der Waals surface area contributed by atoms with Crippen molar-refractivity contribution in [3.63, 3.8) is 0 Å². The van der Waals surface area contributed by atoms with Gasteiger partial charge in [0.05, 0.1) is 28.1 Å². The molecule has 0 bridgehead atoms. The van der Waals surface area contributed by atoms with E-state index in [0.717, 1.165) is 15.8 Å². The van der Waals surface area contributed by atoms with Crippen LogP contribution in [-0.4, -0.2) is 23.1 Å². The van der Waals surface area contributed by atoms with Crippen molar-refractivity contribution < 1.29 is 14.5 Å². The van der Waals surface area contributed by atoms with Crippen LogP contribution in [0, 0.1) is 10.1 Å². The first-order valence-electron chi connectivity index (χ1n) is 7.87. The Morgan fingerprint density at radius 1 is 1.35 bits per heavy atom. The molecule has 136 valence electrons. The maximum atomic E-state index is 11.9. The number of para-hydroxylation sites is 1. The van der Waals surface area contributed by atoms with Crippen LogP contribution >= 0.6 is 15.9 Å². The van der Waals surface area contributed by atoms with E-state index in [2.05, 4.69) is 26.5 Å². The van der Waals surface area contributed by atoms with Gasteiger partial charge in [0.2, 0.25) is 5.91 Å². The van der Waals surface area contributed by atoms with Gasteiger partial charge in [0.15, 0.2) is 0 Å². The fourth-order valence-corrected chi connectivity index (χ4v) is 2.67. The highest BCUT2D eigenvalue weighted by Gasteiger charge is 2.15.